The van der Waals surface area contributed by atoms with Gasteiger partial charge in [0.1, 0.15) is 42.0 Å². The largest absolute Gasteiger partial charge is 0.487 e. The molecule has 1 saturated heterocycles. The molecule has 2 N–H and O–H groups in total. The molecule has 1 aliphatic heterocycles. The molecule has 1 fully saturated rings. The summed E-state index contributed by atoms with van der Waals surface area (Å²) in [6, 6.07) is 16.1. The van der Waals surface area contributed by atoms with Crippen molar-refractivity contribution in [1.29, 1.82) is 0 Å². The monoisotopic (exact) mass is 591 g/mol. The van der Waals surface area contributed by atoms with Gasteiger partial charge in [-0.3, -0.25) is 9.69 Å². The van der Waals surface area contributed by atoms with Crippen molar-refractivity contribution in [3.8, 4) is 5.75 Å². The summed E-state index contributed by atoms with van der Waals surface area (Å²) in [5, 5.41) is 7.23. The zero-order valence-corrected chi connectivity index (χ0v) is 24.2. The number of likely N-dealkylation sites (tertiary alicyclic amines) is 1. The van der Waals surface area contributed by atoms with Crippen molar-refractivity contribution in [2.24, 2.45) is 0 Å². The van der Waals surface area contributed by atoms with Crippen LogP contribution < -0.4 is 15.4 Å². The number of aromatic nitrogens is 2. The lowest BCUT2D eigenvalue weighted by atomic mass is 10.1. The minimum Gasteiger partial charge on any atom is -0.487 e. The van der Waals surface area contributed by atoms with Crippen molar-refractivity contribution in [2.45, 2.75) is 51.9 Å². The molecule has 1 atom stereocenters. The summed E-state index contributed by atoms with van der Waals surface area (Å²) in [6.45, 7) is 6.02. The summed E-state index contributed by atoms with van der Waals surface area (Å²) in [7, 11) is 0. The SMILES string of the molecule is CC(C)(C)OC(=O)N1CCCC1C(=O)Nc1ccc2ncnc(Nc3ccc(OCc4cccc(F)c4)c(Cl)c3)c2c1. The third kappa shape index (κ3) is 7.06. The molecule has 11 heteroatoms. The molecule has 1 unspecified atom stereocenters. The number of carbonyl (C=O) groups is 2. The number of fused-ring (bicyclic) bond motifs is 1. The fraction of sp³-hybridized carbons (Fsp3) is 0.290. The lowest BCUT2D eigenvalue weighted by Crippen LogP contribution is -2.45. The average molecular weight is 592 g/mol. The van der Waals surface area contributed by atoms with Crippen molar-refractivity contribution >= 4 is 51.7 Å². The van der Waals surface area contributed by atoms with E-state index in [4.69, 9.17) is 21.1 Å². The maximum Gasteiger partial charge on any atom is 0.410 e. The van der Waals surface area contributed by atoms with Gasteiger partial charge >= 0.3 is 6.09 Å². The van der Waals surface area contributed by atoms with Crippen LogP contribution in [0.5, 0.6) is 5.75 Å². The number of anilines is 3. The molecule has 0 saturated carbocycles. The molecular weight excluding hydrogens is 561 g/mol. The normalized spacial score (nSPS) is 15.0. The first-order valence-corrected chi connectivity index (χ1v) is 13.9. The van der Waals surface area contributed by atoms with Crippen molar-refractivity contribution in [2.75, 3.05) is 17.2 Å². The van der Waals surface area contributed by atoms with Gasteiger partial charge in [0.15, 0.2) is 0 Å². The molecule has 0 spiro atoms. The molecule has 42 heavy (non-hydrogen) atoms. The topological polar surface area (TPSA) is 106 Å². The molecule has 2 amide bonds. The first-order chi connectivity index (χ1) is 20.1. The van der Waals surface area contributed by atoms with Gasteiger partial charge in [-0.25, -0.2) is 19.2 Å². The summed E-state index contributed by atoms with van der Waals surface area (Å²) in [6.07, 6.45) is 2.21. The van der Waals surface area contributed by atoms with Crippen LogP contribution in [0.15, 0.2) is 67.0 Å². The first kappa shape index (κ1) is 29.1. The van der Waals surface area contributed by atoms with E-state index < -0.39 is 17.7 Å². The fourth-order valence-corrected chi connectivity index (χ4v) is 4.89. The van der Waals surface area contributed by atoms with Crippen LogP contribution in [0.25, 0.3) is 10.9 Å². The minimum atomic E-state index is -0.650. The number of benzene rings is 3. The van der Waals surface area contributed by atoms with Crippen molar-refractivity contribution in [3.63, 3.8) is 0 Å². The molecular formula is C31H31ClFN5O4. The van der Waals surface area contributed by atoms with Crippen molar-refractivity contribution < 1.29 is 23.5 Å². The van der Waals surface area contributed by atoms with Gasteiger partial charge < -0.3 is 20.1 Å². The molecule has 9 nitrogen and oxygen atoms in total. The van der Waals surface area contributed by atoms with E-state index in [-0.39, 0.29) is 18.3 Å². The van der Waals surface area contributed by atoms with Crippen LogP contribution in [-0.4, -0.2) is 45.1 Å². The Balaban J connectivity index is 1.29. The van der Waals surface area contributed by atoms with E-state index in [9.17, 15) is 14.0 Å². The summed E-state index contributed by atoms with van der Waals surface area (Å²) in [5.74, 6) is 0.348. The standard InChI is InChI=1S/C31H31ClFN5O4/c1-31(2,3)42-30(40)38-13-5-8-26(38)29(39)37-21-9-11-25-23(15-21)28(35-18-34-25)36-22-10-12-27(24(32)16-22)41-17-19-6-4-7-20(33)14-19/h4,6-7,9-12,14-16,18,26H,5,8,13,17H2,1-3H3,(H,37,39)(H,34,35,36). The Morgan fingerprint density at radius 3 is 2.64 bits per heavy atom. The first-order valence-electron chi connectivity index (χ1n) is 13.5. The van der Waals surface area contributed by atoms with Crippen LogP contribution in [0.4, 0.5) is 26.4 Å². The van der Waals surface area contributed by atoms with Crippen LogP contribution in [-0.2, 0) is 16.1 Å². The van der Waals surface area contributed by atoms with E-state index in [1.807, 2.05) is 0 Å². The van der Waals surface area contributed by atoms with E-state index in [2.05, 4.69) is 20.6 Å². The van der Waals surface area contributed by atoms with Crippen LogP contribution in [0, 0.1) is 5.82 Å². The molecule has 2 heterocycles. The van der Waals surface area contributed by atoms with Gasteiger partial charge in [0.25, 0.3) is 0 Å². The van der Waals surface area contributed by atoms with Crippen LogP contribution in [0.3, 0.4) is 0 Å². The van der Waals surface area contributed by atoms with Crippen LogP contribution >= 0.6 is 11.6 Å². The van der Waals surface area contributed by atoms with Gasteiger partial charge in [0, 0.05) is 23.3 Å². The van der Waals surface area contributed by atoms with Crippen molar-refractivity contribution in [1.82, 2.24) is 14.9 Å². The molecule has 3 aromatic carbocycles. The highest BCUT2D eigenvalue weighted by Gasteiger charge is 2.36. The second-order valence-corrected chi connectivity index (χ2v) is 11.4. The summed E-state index contributed by atoms with van der Waals surface area (Å²) in [4.78, 5) is 36.0. The van der Waals surface area contributed by atoms with Crippen LogP contribution in [0.2, 0.25) is 5.02 Å². The van der Waals surface area contributed by atoms with Gasteiger partial charge in [0.05, 0.1) is 10.5 Å². The van der Waals surface area contributed by atoms with Gasteiger partial charge in [-0.05, 0) is 87.7 Å². The summed E-state index contributed by atoms with van der Waals surface area (Å²) < 4.78 is 24.7. The maximum absolute atomic E-state index is 13.5. The van der Waals surface area contributed by atoms with Crippen molar-refractivity contribution in [3.05, 3.63) is 83.4 Å². The number of hydrogen-bond acceptors (Lipinski definition) is 7. The Kier molecular flexibility index (Phi) is 8.44. The lowest BCUT2D eigenvalue weighted by Gasteiger charge is -2.28. The molecule has 0 aliphatic carbocycles. The van der Waals surface area contributed by atoms with Crippen LogP contribution in [0.1, 0.15) is 39.2 Å². The lowest BCUT2D eigenvalue weighted by molar-refractivity contribution is -0.120. The highest BCUT2D eigenvalue weighted by molar-refractivity contribution is 6.32. The minimum absolute atomic E-state index is 0.172. The zero-order valence-electron chi connectivity index (χ0n) is 23.5. The van der Waals surface area contributed by atoms with E-state index in [0.717, 1.165) is 0 Å². The second-order valence-electron chi connectivity index (χ2n) is 11.0. The predicted octanol–water partition coefficient (Wildman–Crippen LogP) is 7.08. The third-order valence-electron chi connectivity index (χ3n) is 6.56. The Hall–Kier alpha value is -4.44. The van der Waals surface area contributed by atoms with E-state index in [0.29, 0.717) is 63.8 Å². The zero-order chi connectivity index (χ0) is 29.9. The van der Waals surface area contributed by atoms with Gasteiger partial charge in [0.2, 0.25) is 5.91 Å². The molecule has 5 rings (SSSR count). The predicted molar refractivity (Wildman–Crippen MR) is 160 cm³/mol. The van der Waals surface area contributed by atoms with E-state index >= 15 is 0 Å². The Labute approximate surface area is 248 Å². The second kappa shape index (κ2) is 12.2. The molecule has 0 bridgehead atoms. The number of ether oxygens (including phenoxy) is 2. The Bertz CT molecular complexity index is 1630. The molecule has 1 aromatic heterocycles. The molecule has 0 radical (unpaired) electrons. The quantitative estimate of drug-likeness (QED) is 0.236. The van der Waals surface area contributed by atoms with Gasteiger partial charge in [-0.15, -0.1) is 0 Å². The number of carbonyl (C=O) groups excluding carboxylic acids is 2. The van der Waals surface area contributed by atoms with Gasteiger partial charge in [-0.2, -0.15) is 0 Å². The summed E-state index contributed by atoms with van der Waals surface area (Å²) in [5.41, 5.74) is 1.91. The Morgan fingerprint density at radius 2 is 1.88 bits per heavy atom. The highest BCUT2D eigenvalue weighted by Crippen LogP contribution is 2.32. The number of halogens is 2. The Morgan fingerprint density at radius 1 is 1.07 bits per heavy atom. The smallest absolute Gasteiger partial charge is 0.410 e. The number of rotatable bonds is 7. The molecule has 218 valence electrons. The van der Waals surface area contributed by atoms with E-state index in [1.165, 1.54) is 23.4 Å². The molecule has 4 aromatic rings. The third-order valence-corrected chi connectivity index (χ3v) is 6.86. The highest BCUT2D eigenvalue weighted by atomic mass is 35.5. The molecule has 1 aliphatic rings. The number of hydrogen-bond donors (Lipinski definition) is 2. The number of nitrogens with one attached hydrogen (secondary N) is 2. The van der Waals surface area contributed by atoms with Gasteiger partial charge in [-0.1, -0.05) is 23.7 Å². The number of nitrogens with zero attached hydrogens (tertiary/aromatic N) is 3. The van der Waals surface area contributed by atoms with E-state index in [1.54, 1.807) is 69.3 Å². The summed E-state index contributed by atoms with van der Waals surface area (Å²) >= 11 is 6.47. The number of amides is 2. The maximum atomic E-state index is 13.5. The fourth-order valence-electron chi connectivity index (χ4n) is 4.66. The average Bonchev–Trinajstić information content (AvgIpc) is 3.43.